The van der Waals surface area contributed by atoms with Gasteiger partial charge in [-0.3, -0.25) is 19.4 Å². The van der Waals surface area contributed by atoms with Crippen molar-refractivity contribution >= 4 is 11.8 Å². The van der Waals surface area contributed by atoms with E-state index in [0.717, 1.165) is 58.4 Å². The molecule has 0 radical (unpaired) electrons. The third-order valence-electron chi connectivity index (χ3n) is 5.58. The number of amides is 2. The molecule has 0 saturated carbocycles. The summed E-state index contributed by atoms with van der Waals surface area (Å²) in [5.74, 6) is -0.544. The maximum Gasteiger partial charge on any atom is 0.236 e. The molecule has 3 rings (SSSR count). The second kappa shape index (κ2) is 9.14. The van der Waals surface area contributed by atoms with Gasteiger partial charge >= 0.3 is 0 Å². The van der Waals surface area contributed by atoms with Crippen LogP contribution in [0.3, 0.4) is 0 Å². The maximum absolute atomic E-state index is 12.2. The molecular weight excluding hydrogens is 328 g/mol. The molecule has 2 amide bonds. The second-order valence-electron chi connectivity index (χ2n) is 7.51. The summed E-state index contributed by atoms with van der Waals surface area (Å²) < 4.78 is 0. The Labute approximate surface area is 155 Å². The van der Waals surface area contributed by atoms with Crippen molar-refractivity contribution in [3.8, 4) is 0 Å². The zero-order valence-electron chi connectivity index (χ0n) is 15.4. The highest BCUT2D eigenvalue weighted by atomic mass is 16.2. The van der Waals surface area contributed by atoms with Crippen LogP contribution in [0.1, 0.15) is 31.2 Å². The zero-order valence-corrected chi connectivity index (χ0v) is 15.4. The Morgan fingerprint density at radius 1 is 1.08 bits per heavy atom. The van der Waals surface area contributed by atoms with Crippen LogP contribution < -0.4 is 11.1 Å². The third kappa shape index (κ3) is 5.29. The fraction of sp³-hybridized carbons (Fsp3) is 0.600. The molecule has 0 aliphatic carbocycles. The SMILES string of the molecule is NC(=O)CNC(=O)[C@H]1CCCN(C2CCN(Cc3ccccc3)CC2)C1. The van der Waals surface area contributed by atoms with Crippen molar-refractivity contribution in [3.63, 3.8) is 0 Å². The Hall–Kier alpha value is -1.92. The molecule has 26 heavy (non-hydrogen) atoms. The van der Waals surface area contributed by atoms with E-state index in [2.05, 4.69) is 45.4 Å². The van der Waals surface area contributed by atoms with Crippen molar-refractivity contribution in [3.05, 3.63) is 35.9 Å². The summed E-state index contributed by atoms with van der Waals surface area (Å²) in [6.07, 6.45) is 4.25. The molecule has 142 valence electrons. The first-order valence-corrected chi connectivity index (χ1v) is 9.68. The molecule has 1 aromatic rings. The lowest BCUT2D eigenvalue weighted by Gasteiger charge is -2.42. The van der Waals surface area contributed by atoms with Crippen LogP contribution in [-0.4, -0.2) is 60.4 Å². The lowest BCUT2D eigenvalue weighted by molar-refractivity contribution is -0.129. The number of primary amides is 1. The highest BCUT2D eigenvalue weighted by molar-refractivity contribution is 5.85. The molecule has 1 atom stereocenters. The van der Waals surface area contributed by atoms with Crippen LogP contribution in [0.25, 0.3) is 0 Å². The van der Waals surface area contributed by atoms with E-state index >= 15 is 0 Å². The summed E-state index contributed by atoms with van der Waals surface area (Å²) in [6.45, 7) is 5.04. The minimum Gasteiger partial charge on any atom is -0.368 e. The number of nitrogens with one attached hydrogen (secondary N) is 1. The number of piperidine rings is 2. The normalized spacial score (nSPS) is 22.8. The number of benzene rings is 1. The molecular formula is C20H30N4O2. The fourth-order valence-electron chi connectivity index (χ4n) is 4.15. The van der Waals surface area contributed by atoms with E-state index in [4.69, 9.17) is 5.73 Å². The molecule has 2 aliphatic rings. The minimum absolute atomic E-state index is 0.0227. The van der Waals surface area contributed by atoms with E-state index in [1.54, 1.807) is 0 Å². The van der Waals surface area contributed by atoms with Gasteiger partial charge in [0.15, 0.2) is 0 Å². The maximum atomic E-state index is 12.2. The topological polar surface area (TPSA) is 78.7 Å². The Balaban J connectivity index is 1.45. The van der Waals surface area contributed by atoms with Gasteiger partial charge < -0.3 is 11.1 Å². The predicted molar refractivity (Wildman–Crippen MR) is 101 cm³/mol. The number of hydrogen-bond acceptors (Lipinski definition) is 4. The summed E-state index contributed by atoms with van der Waals surface area (Å²) >= 11 is 0. The molecule has 1 aromatic carbocycles. The van der Waals surface area contributed by atoms with Crippen molar-refractivity contribution in [1.82, 2.24) is 15.1 Å². The molecule has 0 bridgehead atoms. The second-order valence-corrected chi connectivity index (χ2v) is 7.51. The van der Waals surface area contributed by atoms with Crippen LogP contribution in [-0.2, 0) is 16.1 Å². The number of likely N-dealkylation sites (tertiary alicyclic amines) is 2. The number of hydrogen-bond donors (Lipinski definition) is 2. The molecule has 2 heterocycles. The molecule has 0 unspecified atom stereocenters. The van der Waals surface area contributed by atoms with Gasteiger partial charge in [-0.25, -0.2) is 0 Å². The van der Waals surface area contributed by atoms with E-state index in [1.807, 2.05) is 0 Å². The van der Waals surface area contributed by atoms with Gasteiger partial charge in [0.05, 0.1) is 12.5 Å². The Kier molecular flexibility index (Phi) is 6.63. The number of nitrogens with two attached hydrogens (primary N) is 1. The van der Waals surface area contributed by atoms with Gasteiger partial charge in [-0.2, -0.15) is 0 Å². The van der Waals surface area contributed by atoms with Crippen LogP contribution in [0.2, 0.25) is 0 Å². The van der Waals surface area contributed by atoms with Gasteiger partial charge in [0.25, 0.3) is 0 Å². The van der Waals surface area contributed by atoms with E-state index in [9.17, 15) is 9.59 Å². The standard InChI is InChI=1S/C20H30N4O2/c21-19(25)13-22-20(26)17-7-4-10-24(15-17)18-8-11-23(12-9-18)14-16-5-2-1-3-6-16/h1-3,5-6,17-18H,4,7-15H2,(H2,21,25)(H,22,26)/t17-/m0/s1. The van der Waals surface area contributed by atoms with Gasteiger partial charge in [0.1, 0.15) is 0 Å². The van der Waals surface area contributed by atoms with Gasteiger partial charge in [-0.1, -0.05) is 30.3 Å². The van der Waals surface area contributed by atoms with Crippen molar-refractivity contribution in [1.29, 1.82) is 0 Å². The molecule has 0 aromatic heterocycles. The van der Waals surface area contributed by atoms with Crippen molar-refractivity contribution in [2.24, 2.45) is 11.7 Å². The Bertz CT molecular complexity index is 599. The smallest absolute Gasteiger partial charge is 0.236 e. The Morgan fingerprint density at radius 3 is 2.50 bits per heavy atom. The summed E-state index contributed by atoms with van der Waals surface area (Å²) in [5.41, 5.74) is 6.48. The van der Waals surface area contributed by atoms with Crippen LogP contribution in [0.15, 0.2) is 30.3 Å². The number of carbonyl (C=O) groups is 2. The molecule has 6 heteroatoms. The monoisotopic (exact) mass is 358 g/mol. The van der Waals surface area contributed by atoms with Gasteiger partial charge in [0.2, 0.25) is 11.8 Å². The van der Waals surface area contributed by atoms with Crippen molar-refractivity contribution in [2.75, 3.05) is 32.7 Å². The lowest BCUT2D eigenvalue weighted by atomic mass is 9.93. The van der Waals surface area contributed by atoms with Gasteiger partial charge in [0, 0.05) is 19.1 Å². The summed E-state index contributed by atoms with van der Waals surface area (Å²) in [5, 5.41) is 2.66. The average molecular weight is 358 g/mol. The lowest BCUT2D eigenvalue weighted by Crippen LogP contribution is -2.51. The largest absolute Gasteiger partial charge is 0.368 e. The van der Waals surface area contributed by atoms with Crippen molar-refractivity contribution < 1.29 is 9.59 Å². The molecule has 3 N–H and O–H groups in total. The van der Waals surface area contributed by atoms with Gasteiger partial charge in [-0.15, -0.1) is 0 Å². The quantitative estimate of drug-likeness (QED) is 0.794. The van der Waals surface area contributed by atoms with Gasteiger partial charge in [-0.05, 0) is 50.9 Å². The number of carbonyl (C=O) groups excluding carboxylic acids is 2. The van der Waals surface area contributed by atoms with Crippen LogP contribution >= 0.6 is 0 Å². The third-order valence-corrected chi connectivity index (χ3v) is 5.58. The highest BCUT2D eigenvalue weighted by Gasteiger charge is 2.31. The first-order chi connectivity index (χ1) is 12.6. The van der Waals surface area contributed by atoms with Crippen LogP contribution in [0, 0.1) is 5.92 Å². The summed E-state index contributed by atoms with van der Waals surface area (Å²) in [6, 6.07) is 11.2. The molecule has 2 saturated heterocycles. The minimum atomic E-state index is -0.489. The fourth-order valence-corrected chi connectivity index (χ4v) is 4.15. The first kappa shape index (κ1) is 18.9. The van der Waals surface area contributed by atoms with Crippen molar-refractivity contribution in [2.45, 2.75) is 38.3 Å². The van der Waals surface area contributed by atoms with E-state index in [-0.39, 0.29) is 18.4 Å². The van der Waals surface area contributed by atoms with E-state index < -0.39 is 5.91 Å². The molecule has 6 nitrogen and oxygen atoms in total. The average Bonchev–Trinajstić information content (AvgIpc) is 2.67. The van der Waals surface area contributed by atoms with E-state index in [0.29, 0.717) is 6.04 Å². The predicted octanol–water partition coefficient (Wildman–Crippen LogP) is 0.964. The number of rotatable bonds is 6. The molecule has 0 spiro atoms. The summed E-state index contributed by atoms with van der Waals surface area (Å²) in [7, 11) is 0. The molecule has 2 fully saturated rings. The Morgan fingerprint density at radius 2 is 1.81 bits per heavy atom. The molecule has 2 aliphatic heterocycles. The van der Waals surface area contributed by atoms with Crippen LogP contribution in [0.5, 0.6) is 0 Å². The van der Waals surface area contributed by atoms with E-state index in [1.165, 1.54) is 5.56 Å². The highest BCUT2D eigenvalue weighted by Crippen LogP contribution is 2.24. The first-order valence-electron chi connectivity index (χ1n) is 9.68. The summed E-state index contributed by atoms with van der Waals surface area (Å²) in [4.78, 5) is 28.1. The number of nitrogens with zero attached hydrogens (tertiary/aromatic N) is 2. The zero-order chi connectivity index (χ0) is 18.4. The van der Waals surface area contributed by atoms with Crippen LogP contribution in [0.4, 0.5) is 0 Å².